The number of aromatic amines is 1. The van der Waals surface area contributed by atoms with Crippen LogP contribution in [0.25, 0.3) is 33.7 Å². The Morgan fingerprint density at radius 2 is 1.52 bits per heavy atom. The van der Waals surface area contributed by atoms with Crippen molar-refractivity contribution < 1.29 is 0 Å². The lowest BCUT2D eigenvalue weighted by Gasteiger charge is -2.14. The third-order valence-electron chi connectivity index (χ3n) is 7.56. The summed E-state index contributed by atoms with van der Waals surface area (Å²) in [4.78, 5) is 32.1. The molecule has 212 valence electrons. The third-order valence-corrected chi connectivity index (χ3v) is 7.56. The van der Waals surface area contributed by atoms with Gasteiger partial charge in [-0.25, -0.2) is 9.78 Å². The van der Waals surface area contributed by atoms with Crippen LogP contribution in [-0.2, 0) is 26.1 Å². The van der Waals surface area contributed by atoms with Crippen LogP contribution in [0.2, 0.25) is 0 Å². The highest BCUT2D eigenvalue weighted by atomic mass is 16.2. The second-order valence-corrected chi connectivity index (χ2v) is 10.6. The minimum atomic E-state index is -0.324. The first-order valence-electron chi connectivity index (χ1n) is 14.2. The molecule has 0 aliphatic rings. The maximum absolute atomic E-state index is 13.7. The lowest BCUT2D eigenvalue weighted by atomic mass is 9.98. The van der Waals surface area contributed by atoms with Gasteiger partial charge in [-0.15, -0.1) is 10.2 Å². The number of benzene rings is 3. The standard InChI is InChI=1S/C32H32N8O2/c1-4-38-31(41)27-30(39(32(38)42)19-18-22-10-6-5-7-11-22)33-29(21(2)3)40(27)20-23-14-16-24(17-15-23)25-12-8-9-13-26(25)28-34-36-37-35-28/h5-17,21H,4,18-20H2,1-3H3,(H,34,35,36,37). The molecule has 0 aliphatic heterocycles. The molecule has 3 aromatic heterocycles. The van der Waals surface area contributed by atoms with E-state index in [-0.39, 0.29) is 23.7 Å². The van der Waals surface area contributed by atoms with E-state index in [0.29, 0.717) is 36.5 Å². The Balaban J connectivity index is 1.41. The van der Waals surface area contributed by atoms with Gasteiger partial charge in [0.25, 0.3) is 5.56 Å². The van der Waals surface area contributed by atoms with Crippen LogP contribution in [0.5, 0.6) is 0 Å². The van der Waals surface area contributed by atoms with Crippen LogP contribution in [-0.4, -0.2) is 39.3 Å². The van der Waals surface area contributed by atoms with E-state index in [1.54, 1.807) is 4.57 Å². The molecule has 1 N–H and O–H groups in total. The molecule has 0 amide bonds. The highest BCUT2D eigenvalue weighted by molar-refractivity contribution is 5.80. The molecule has 0 radical (unpaired) electrons. The first kappa shape index (κ1) is 27.1. The minimum absolute atomic E-state index is 0.0469. The molecular formula is C32H32N8O2. The first-order valence-corrected chi connectivity index (χ1v) is 14.2. The van der Waals surface area contributed by atoms with Crippen molar-refractivity contribution in [3.05, 3.63) is 117 Å². The molecule has 10 heteroatoms. The summed E-state index contributed by atoms with van der Waals surface area (Å²) in [6.45, 7) is 7.11. The first-order chi connectivity index (χ1) is 20.5. The van der Waals surface area contributed by atoms with Crippen LogP contribution < -0.4 is 11.2 Å². The van der Waals surface area contributed by atoms with E-state index in [2.05, 4.69) is 58.7 Å². The van der Waals surface area contributed by atoms with Gasteiger partial charge < -0.3 is 4.57 Å². The lowest BCUT2D eigenvalue weighted by Crippen LogP contribution is -2.40. The molecule has 3 aromatic carbocycles. The molecule has 0 aliphatic carbocycles. The fourth-order valence-corrected chi connectivity index (χ4v) is 5.45. The molecule has 0 atom stereocenters. The number of imidazole rings is 1. The van der Waals surface area contributed by atoms with Gasteiger partial charge in [0, 0.05) is 31.1 Å². The van der Waals surface area contributed by atoms with Gasteiger partial charge in [-0.1, -0.05) is 92.7 Å². The Labute approximate surface area is 242 Å². The average molecular weight is 561 g/mol. The molecule has 6 rings (SSSR count). The van der Waals surface area contributed by atoms with Crippen LogP contribution in [0, 0.1) is 0 Å². The Bertz CT molecular complexity index is 1950. The van der Waals surface area contributed by atoms with Gasteiger partial charge in [-0.05, 0) is 40.8 Å². The molecular weight excluding hydrogens is 528 g/mol. The van der Waals surface area contributed by atoms with Gasteiger partial charge >= 0.3 is 5.69 Å². The number of hydrogen-bond acceptors (Lipinski definition) is 6. The zero-order valence-electron chi connectivity index (χ0n) is 23.9. The van der Waals surface area contributed by atoms with Gasteiger partial charge in [0.1, 0.15) is 5.82 Å². The molecule has 0 saturated heterocycles. The van der Waals surface area contributed by atoms with Crippen molar-refractivity contribution in [2.75, 3.05) is 0 Å². The smallest absolute Gasteiger partial charge is 0.317 e. The largest absolute Gasteiger partial charge is 0.332 e. The number of aryl methyl sites for hydroxylation is 2. The molecule has 0 saturated carbocycles. The number of nitrogens with zero attached hydrogens (tertiary/aromatic N) is 7. The van der Waals surface area contributed by atoms with Crippen LogP contribution in [0.3, 0.4) is 0 Å². The number of hydrogen-bond donors (Lipinski definition) is 1. The van der Waals surface area contributed by atoms with Gasteiger partial charge in [0.05, 0.1) is 0 Å². The SMILES string of the molecule is CCn1c(=O)c2c(nc(C(C)C)n2Cc2ccc(-c3ccccc3-c3nn[nH]n3)cc2)n(CCc2ccccc2)c1=O. The summed E-state index contributed by atoms with van der Waals surface area (Å²) in [5.74, 6) is 1.35. The van der Waals surface area contributed by atoms with E-state index in [0.717, 1.165) is 33.6 Å². The monoisotopic (exact) mass is 560 g/mol. The number of fused-ring (bicyclic) bond motifs is 1. The number of aromatic nitrogens is 8. The topological polar surface area (TPSA) is 116 Å². The Kier molecular flexibility index (Phi) is 7.35. The molecule has 0 fully saturated rings. The second kappa shape index (κ2) is 11.4. The summed E-state index contributed by atoms with van der Waals surface area (Å²) in [5, 5.41) is 14.5. The zero-order valence-corrected chi connectivity index (χ0v) is 23.9. The Hall–Kier alpha value is -5.12. The summed E-state index contributed by atoms with van der Waals surface area (Å²) in [7, 11) is 0. The van der Waals surface area contributed by atoms with Gasteiger partial charge in [0.2, 0.25) is 5.82 Å². The molecule has 10 nitrogen and oxygen atoms in total. The van der Waals surface area contributed by atoms with Gasteiger partial charge in [-0.2, -0.15) is 5.21 Å². The lowest BCUT2D eigenvalue weighted by molar-refractivity contribution is 0.584. The summed E-state index contributed by atoms with van der Waals surface area (Å²) in [5.41, 5.74) is 5.30. The summed E-state index contributed by atoms with van der Waals surface area (Å²) in [6.07, 6.45) is 0.661. The van der Waals surface area contributed by atoms with E-state index in [1.165, 1.54) is 4.57 Å². The molecule has 6 aromatic rings. The summed E-state index contributed by atoms with van der Waals surface area (Å²) < 4.78 is 4.95. The Morgan fingerprint density at radius 3 is 2.19 bits per heavy atom. The van der Waals surface area contributed by atoms with Crippen molar-refractivity contribution in [3.63, 3.8) is 0 Å². The Morgan fingerprint density at radius 1 is 0.810 bits per heavy atom. The average Bonchev–Trinajstić information content (AvgIpc) is 3.68. The molecule has 0 bridgehead atoms. The fraction of sp³-hybridized carbons (Fsp3) is 0.250. The van der Waals surface area contributed by atoms with Crippen LogP contribution >= 0.6 is 0 Å². The van der Waals surface area contributed by atoms with Crippen LogP contribution in [0.1, 0.15) is 43.6 Å². The van der Waals surface area contributed by atoms with Crippen LogP contribution in [0.15, 0.2) is 88.5 Å². The van der Waals surface area contributed by atoms with E-state index in [9.17, 15) is 9.59 Å². The van der Waals surface area contributed by atoms with Crippen molar-refractivity contribution in [1.29, 1.82) is 0 Å². The molecule has 42 heavy (non-hydrogen) atoms. The number of rotatable bonds is 9. The van der Waals surface area contributed by atoms with E-state index in [4.69, 9.17) is 4.98 Å². The second-order valence-electron chi connectivity index (χ2n) is 10.6. The summed E-state index contributed by atoms with van der Waals surface area (Å²) in [6, 6.07) is 26.2. The van der Waals surface area contributed by atoms with E-state index >= 15 is 0 Å². The quantitative estimate of drug-likeness (QED) is 0.275. The predicted octanol–water partition coefficient (Wildman–Crippen LogP) is 4.64. The van der Waals surface area contributed by atoms with E-state index in [1.807, 2.05) is 66.1 Å². The van der Waals surface area contributed by atoms with Crippen molar-refractivity contribution >= 4 is 11.2 Å². The zero-order chi connectivity index (χ0) is 29.2. The predicted molar refractivity (Wildman–Crippen MR) is 162 cm³/mol. The van der Waals surface area contributed by atoms with E-state index < -0.39 is 0 Å². The van der Waals surface area contributed by atoms with Gasteiger partial charge in [0.15, 0.2) is 11.2 Å². The van der Waals surface area contributed by atoms with Crippen molar-refractivity contribution in [2.24, 2.45) is 0 Å². The highest BCUT2D eigenvalue weighted by Gasteiger charge is 2.23. The van der Waals surface area contributed by atoms with Crippen molar-refractivity contribution in [3.8, 4) is 22.5 Å². The maximum atomic E-state index is 13.7. The van der Waals surface area contributed by atoms with Crippen molar-refractivity contribution in [1.82, 2.24) is 39.3 Å². The van der Waals surface area contributed by atoms with Crippen molar-refractivity contribution in [2.45, 2.75) is 52.7 Å². The van der Waals surface area contributed by atoms with Crippen LogP contribution in [0.4, 0.5) is 0 Å². The normalized spacial score (nSPS) is 11.5. The highest BCUT2D eigenvalue weighted by Crippen LogP contribution is 2.30. The number of nitrogens with one attached hydrogen (secondary N) is 1. The molecule has 0 unspecified atom stereocenters. The third kappa shape index (κ3) is 4.96. The molecule has 3 heterocycles. The maximum Gasteiger partial charge on any atom is 0.332 e. The number of H-pyrrole nitrogens is 1. The number of tetrazole rings is 1. The summed E-state index contributed by atoms with van der Waals surface area (Å²) >= 11 is 0. The minimum Gasteiger partial charge on any atom is -0.317 e. The fourth-order valence-electron chi connectivity index (χ4n) is 5.45. The van der Waals surface area contributed by atoms with Gasteiger partial charge in [-0.3, -0.25) is 13.9 Å². The molecule has 0 spiro atoms.